The number of amides is 1. The van der Waals surface area contributed by atoms with E-state index in [1.807, 2.05) is 60.7 Å². The summed E-state index contributed by atoms with van der Waals surface area (Å²) in [5.41, 5.74) is 2.02. The molecule has 132 valence electrons. The van der Waals surface area contributed by atoms with Gasteiger partial charge in [0.25, 0.3) is 0 Å². The van der Waals surface area contributed by atoms with E-state index in [1.165, 1.54) is 17.8 Å². The van der Waals surface area contributed by atoms with Crippen molar-refractivity contribution in [2.45, 2.75) is 23.1 Å². The third-order valence-electron chi connectivity index (χ3n) is 4.06. The van der Waals surface area contributed by atoms with E-state index in [1.54, 1.807) is 25.1 Å². The first-order valence-corrected chi connectivity index (χ1v) is 9.34. The molecular formula is C22H20FNOS. The number of rotatable bonds is 6. The average molecular weight is 365 g/mol. The molecule has 0 unspecified atom stereocenters. The van der Waals surface area contributed by atoms with Crippen molar-refractivity contribution in [1.29, 1.82) is 0 Å². The summed E-state index contributed by atoms with van der Waals surface area (Å²) in [6.07, 6.45) is 0. The largest absolute Gasteiger partial charge is 0.344 e. The molecule has 0 aromatic heterocycles. The van der Waals surface area contributed by atoms with E-state index < -0.39 is 5.25 Å². The van der Waals surface area contributed by atoms with Crippen LogP contribution in [0.4, 0.5) is 4.39 Å². The van der Waals surface area contributed by atoms with Crippen molar-refractivity contribution in [2.75, 3.05) is 0 Å². The fourth-order valence-corrected chi connectivity index (χ4v) is 3.59. The number of carbonyl (C=O) groups is 1. The predicted molar refractivity (Wildman–Crippen MR) is 105 cm³/mol. The molecule has 3 aromatic rings. The van der Waals surface area contributed by atoms with Gasteiger partial charge in [-0.25, -0.2) is 4.39 Å². The second-order valence-electron chi connectivity index (χ2n) is 5.95. The molecule has 3 aromatic carbocycles. The highest BCUT2D eigenvalue weighted by Gasteiger charge is 2.21. The standard InChI is InChI=1S/C22H20FNOS/c1-16(26-20-15-9-8-14-19(20)23)22(25)24-21(17-10-4-2-5-11-17)18-12-6-3-7-13-18/h2-16,21H,1H3,(H,24,25)/t16-/m0/s1. The van der Waals surface area contributed by atoms with Gasteiger partial charge in [0.1, 0.15) is 5.82 Å². The maximum absolute atomic E-state index is 13.9. The number of benzene rings is 3. The number of hydrogen-bond donors (Lipinski definition) is 1. The average Bonchev–Trinajstić information content (AvgIpc) is 2.69. The molecule has 1 N–H and O–H groups in total. The molecule has 0 saturated heterocycles. The molecule has 0 spiro atoms. The minimum atomic E-state index is -0.415. The molecule has 0 fully saturated rings. The van der Waals surface area contributed by atoms with Gasteiger partial charge in [-0.2, -0.15) is 0 Å². The quantitative estimate of drug-likeness (QED) is 0.608. The van der Waals surface area contributed by atoms with Crippen LogP contribution in [0.2, 0.25) is 0 Å². The van der Waals surface area contributed by atoms with E-state index in [0.29, 0.717) is 4.90 Å². The maximum atomic E-state index is 13.9. The number of carbonyl (C=O) groups excluding carboxylic acids is 1. The highest BCUT2D eigenvalue weighted by Crippen LogP contribution is 2.27. The summed E-state index contributed by atoms with van der Waals surface area (Å²) in [6, 6.07) is 25.9. The first-order valence-electron chi connectivity index (χ1n) is 8.46. The van der Waals surface area contributed by atoms with Gasteiger partial charge in [0.2, 0.25) is 5.91 Å². The second kappa shape index (κ2) is 8.68. The molecule has 0 aliphatic carbocycles. The smallest absolute Gasteiger partial charge is 0.233 e. The van der Waals surface area contributed by atoms with Gasteiger partial charge >= 0.3 is 0 Å². The van der Waals surface area contributed by atoms with Crippen LogP contribution in [0.15, 0.2) is 89.8 Å². The van der Waals surface area contributed by atoms with E-state index in [-0.39, 0.29) is 17.8 Å². The first kappa shape index (κ1) is 18.2. The van der Waals surface area contributed by atoms with Crippen molar-refractivity contribution in [3.63, 3.8) is 0 Å². The zero-order chi connectivity index (χ0) is 18.4. The Morgan fingerprint density at radius 2 is 1.35 bits per heavy atom. The zero-order valence-corrected chi connectivity index (χ0v) is 15.2. The summed E-state index contributed by atoms with van der Waals surface area (Å²) >= 11 is 1.22. The van der Waals surface area contributed by atoms with E-state index in [9.17, 15) is 9.18 Å². The van der Waals surface area contributed by atoms with Gasteiger partial charge in [-0.1, -0.05) is 72.8 Å². The summed E-state index contributed by atoms with van der Waals surface area (Å²) in [6.45, 7) is 1.79. The third kappa shape index (κ3) is 4.52. The number of halogens is 1. The lowest BCUT2D eigenvalue weighted by molar-refractivity contribution is -0.120. The molecule has 3 rings (SSSR count). The van der Waals surface area contributed by atoms with Gasteiger partial charge in [-0.3, -0.25) is 4.79 Å². The molecule has 4 heteroatoms. The monoisotopic (exact) mass is 365 g/mol. The van der Waals surface area contributed by atoms with Crippen LogP contribution in [0.1, 0.15) is 24.1 Å². The zero-order valence-electron chi connectivity index (χ0n) is 14.4. The number of hydrogen-bond acceptors (Lipinski definition) is 2. The Balaban J connectivity index is 1.78. The number of thioether (sulfide) groups is 1. The normalized spacial score (nSPS) is 12.0. The third-order valence-corrected chi connectivity index (χ3v) is 5.21. The summed E-state index contributed by atoms with van der Waals surface area (Å²) < 4.78 is 13.9. The lowest BCUT2D eigenvalue weighted by Crippen LogP contribution is -2.34. The lowest BCUT2D eigenvalue weighted by Gasteiger charge is -2.22. The molecule has 0 radical (unpaired) electrons. The Bertz CT molecular complexity index is 815. The Morgan fingerprint density at radius 3 is 1.88 bits per heavy atom. The van der Waals surface area contributed by atoms with Gasteiger partial charge in [0, 0.05) is 4.90 Å². The Kier molecular flexibility index (Phi) is 6.08. The molecule has 2 nitrogen and oxygen atoms in total. The molecule has 0 bridgehead atoms. The molecular weight excluding hydrogens is 345 g/mol. The lowest BCUT2D eigenvalue weighted by atomic mass is 9.98. The highest BCUT2D eigenvalue weighted by atomic mass is 32.2. The predicted octanol–water partition coefficient (Wildman–Crippen LogP) is 5.21. The second-order valence-corrected chi connectivity index (χ2v) is 7.34. The maximum Gasteiger partial charge on any atom is 0.233 e. The number of nitrogens with one attached hydrogen (secondary N) is 1. The van der Waals surface area contributed by atoms with Crippen LogP contribution in [0.25, 0.3) is 0 Å². The van der Waals surface area contributed by atoms with E-state index in [4.69, 9.17) is 0 Å². The summed E-state index contributed by atoms with van der Waals surface area (Å²) in [5.74, 6) is -0.434. The molecule has 0 heterocycles. The van der Waals surface area contributed by atoms with Gasteiger partial charge < -0.3 is 5.32 Å². The Morgan fingerprint density at radius 1 is 0.846 bits per heavy atom. The topological polar surface area (TPSA) is 29.1 Å². The summed E-state index contributed by atoms with van der Waals surface area (Å²) in [4.78, 5) is 13.2. The fraction of sp³-hybridized carbons (Fsp3) is 0.136. The molecule has 0 saturated carbocycles. The minimum Gasteiger partial charge on any atom is -0.344 e. The molecule has 1 atom stereocenters. The first-order chi connectivity index (χ1) is 12.6. The van der Waals surface area contributed by atoms with Crippen molar-refractivity contribution in [3.05, 3.63) is 102 Å². The highest BCUT2D eigenvalue weighted by molar-refractivity contribution is 8.00. The van der Waals surface area contributed by atoms with Crippen LogP contribution in [0, 0.1) is 5.82 Å². The van der Waals surface area contributed by atoms with Crippen molar-refractivity contribution >= 4 is 17.7 Å². The van der Waals surface area contributed by atoms with Crippen LogP contribution in [0.5, 0.6) is 0 Å². The van der Waals surface area contributed by atoms with E-state index in [2.05, 4.69) is 5.32 Å². The van der Waals surface area contributed by atoms with Crippen molar-refractivity contribution in [1.82, 2.24) is 5.32 Å². The van der Waals surface area contributed by atoms with Gasteiger partial charge in [0.05, 0.1) is 11.3 Å². The molecule has 0 aliphatic heterocycles. The Labute approximate surface area is 157 Å². The fourth-order valence-electron chi connectivity index (χ4n) is 2.69. The van der Waals surface area contributed by atoms with E-state index in [0.717, 1.165) is 11.1 Å². The SMILES string of the molecule is C[C@H](Sc1ccccc1F)C(=O)NC(c1ccccc1)c1ccccc1. The Hall–Kier alpha value is -2.59. The van der Waals surface area contributed by atoms with Crippen molar-refractivity contribution in [3.8, 4) is 0 Å². The van der Waals surface area contributed by atoms with Crippen LogP contribution in [0.3, 0.4) is 0 Å². The van der Waals surface area contributed by atoms with Crippen molar-refractivity contribution in [2.24, 2.45) is 0 Å². The molecule has 0 aliphatic rings. The molecule has 26 heavy (non-hydrogen) atoms. The molecule has 1 amide bonds. The van der Waals surface area contributed by atoms with Crippen molar-refractivity contribution < 1.29 is 9.18 Å². The van der Waals surface area contributed by atoms with Gasteiger partial charge in [-0.05, 0) is 30.2 Å². The summed E-state index contributed by atoms with van der Waals surface area (Å²) in [7, 11) is 0. The van der Waals surface area contributed by atoms with Gasteiger partial charge in [0.15, 0.2) is 0 Å². The van der Waals surface area contributed by atoms with Crippen LogP contribution >= 0.6 is 11.8 Å². The summed E-state index contributed by atoms with van der Waals surface area (Å²) in [5, 5.41) is 2.69. The van der Waals surface area contributed by atoms with Gasteiger partial charge in [-0.15, -0.1) is 11.8 Å². The van der Waals surface area contributed by atoms with Crippen LogP contribution in [-0.2, 0) is 4.79 Å². The van der Waals surface area contributed by atoms with E-state index >= 15 is 0 Å². The van der Waals surface area contributed by atoms with Crippen LogP contribution < -0.4 is 5.32 Å². The minimum absolute atomic E-state index is 0.129. The van der Waals surface area contributed by atoms with Crippen LogP contribution in [-0.4, -0.2) is 11.2 Å².